The first-order valence-corrected chi connectivity index (χ1v) is 7.60. The lowest BCUT2D eigenvalue weighted by Crippen LogP contribution is -2.45. The largest absolute Gasteiger partial charge is 0.493 e. The summed E-state index contributed by atoms with van der Waals surface area (Å²) in [5.41, 5.74) is 0. The molecule has 5 heteroatoms. The van der Waals surface area contributed by atoms with Crippen LogP contribution in [0.5, 0.6) is 5.75 Å². The molecule has 1 aromatic carbocycles. The molecule has 21 heavy (non-hydrogen) atoms. The van der Waals surface area contributed by atoms with Crippen molar-refractivity contribution in [2.45, 2.75) is 25.3 Å². The van der Waals surface area contributed by atoms with E-state index < -0.39 is 0 Å². The maximum atomic E-state index is 13.1. The maximum absolute atomic E-state index is 13.1. The fourth-order valence-corrected chi connectivity index (χ4v) is 2.67. The van der Waals surface area contributed by atoms with Crippen LogP contribution in [0.25, 0.3) is 0 Å². The Kier molecular flexibility index (Phi) is 4.39. The molecule has 3 rings (SSSR count). The molecule has 0 spiro atoms. The van der Waals surface area contributed by atoms with E-state index in [9.17, 15) is 9.18 Å². The molecule has 1 aliphatic heterocycles. The van der Waals surface area contributed by atoms with Crippen LogP contribution in [0.3, 0.4) is 0 Å². The smallest absolute Gasteiger partial charge is 0.224 e. The van der Waals surface area contributed by atoms with E-state index in [2.05, 4.69) is 10.6 Å². The average molecular weight is 292 g/mol. The first-order valence-electron chi connectivity index (χ1n) is 7.60. The van der Waals surface area contributed by atoms with Crippen LogP contribution in [-0.4, -0.2) is 31.6 Å². The lowest BCUT2D eigenvalue weighted by atomic mass is 9.90. The van der Waals surface area contributed by atoms with Crippen LogP contribution in [-0.2, 0) is 4.79 Å². The van der Waals surface area contributed by atoms with Gasteiger partial charge >= 0.3 is 0 Å². The van der Waals surface area contributed by atoms with Crippen molar-refractivity contribution in [3.63, 3.8) is 0 Å². The topological polar surface area (TPSA) is 50.4 Å². The Morgan fingerprint density at radius 1 is 1.38 bits per heavy atom. The molecule has 0 radical (unpaired) electrons. The Hall–Kier alpha value is -1.62. The van der Waals surface area contributed by atoms with Gasteiger partial charge in [-0.05, 0) is 31.4 Å². The van der Waals surface area contributed by atoms with Crippen molar-refractivity contribution in [2.24, 2.45) is 11.8 Å². The van der Waals surface area contributed by atoms with Gasteiger partial charge in [-0.25, -0.2) is 4.39 Å². The number of nitrogens with one attached hydrogen (secondary N) is 2. The van der Waals surface area contributed by atoms with Crippen molar-refractivity contribution >= 4 is 5.91 Å². The quantitative estimate of drug-likeness (QED) is 0.868. The summed E-state index contributed by atoms with van der Waals surface area (Å²) in [6, 6.07) is 6.56. The number of rotatable bonds is 5. The maximum Gasteiger partial charge on any atom is 0.224 e. The highest BCUT2D eigenvalue weighted by atomic mass is 19.1. The minimum absolute atomic E-state index is 0.0143. The number of halogens is 1. The van der Waals surface area contributed by atoms with Gasteiger partial charge in [0.05, 0.1) is 12.5 Å². The molecule has 2 atom stereocenters. The van der Waals surface area contributed by atoms with E-state index in [1.165, 1.54) is 12.1 Å². The fourth-order valence-electron chi connectivity index (χ4n) is 2.67. The highest BCUT2D eigenvalue weighted by Crippen LogP contribution is 2.23. The molecule has 1 heterocycles. The van der Waals surface area contributed by atoms with Crippen LogP contribution in [0.15, 0.2) is 24.3 Å². The van der Waals surface area contributed by atoms with E-state index >= 15 is 0 Å². The molecule has 1 saturated heterocycles. The standard InChI is InChI=1S/C16H21FN2O2/c17-13-2-1-3-15(7-13)21-10-11-6-12(9-18-8-11)16(20)19-14-4-5-14/h1-3,7,11-12,14,18H,4-6,8-10H2,(H,19,20)/t11-,12+/m0/s1. The molecule has 1 aliphatic carbocycles. The van der Waals surface area contributed by atoms with Crippen LogP contribution in [0.4, 0.5) is 4.39 Å². The molecule has 0 bridgehead atoms. The monoisotopic (exact) mass is 292 g/mol. The van der Waals surface area contributed by atoms with E-state index in [-0.39, 0.29) is 23.6 Å². The summed E-state index contributed by atoms with van der Waals surface area (Å²) in [5, 5.41) is 6.35. The average Bonchev–Trinajstić information content (AvgIpc) is 3.29. The van der Waals surface area contributed by atoms with Gasteiger partial charge in [0.1, 0.15) is 11.6 Å². The molecule has 2 aliphatic rings. The van der Waals surface area contributed by atoms with Crippen molar-refractivity contribution in [3.8, 4) is 5.75 Å². The fraction of sp³-hybridized carbons (Fsp3) is 0.562. The summed E-state index contributed by atoms with van der Waals surface area (Å²) in [5.74, 6) is 0.688. The predicted molar refractivity (Wildman–Crippen MR) is 77.5 cm³/mol. The van der Waals surface area contributed by atoms with Gasteiger partial charge in [-0.3, -0.25) is 4.79 Å². The van der Waals surface area contributed by atoms with Gasteiger partial charge in [0.2, 0.25) is 5.91 Å². The zero-order chi connectivity index (χ0) is 14.7. The molecular weight excluding hydrogens is 271 g/mol. The van der Waals surface area contributed by atoms with Crippen molar-refractivity contribution < 1.29 is 13.9 Å². The van der Waals surface area contributed by atoms with Crippen LogP contribution >= 0.6 is 0 Å². The van der Waals surface area contributed by atoms with Gasteiger partial charge in [-0.2, -0.15) is 0 Å². The van der Waals surface area contributed by atoms with E-state index in [0.717, 1.165) is 32.4 Å². The predicted octanol–water partition coefficient (Wildman–Crippen LogP) is 1.71. The third-order valence-electron chi connectivity index (χ3n) is 4.02. The lowest BCUT2D eigenvalue weighted by molar-refractivity contribution is -0.126. The van der Waals surface area contributed by atoms with Crippen LogP contribution in [0, 0.1) is 17.7 Å². The number of hydrogen-bond acceptors (Lipinski definition) is 3. The van der Waals surface area contributed by atoms with Crippen molar-refractivity contribution in [1.82, 2.24) is 10.6 Å². The molecular formula is C16H21FN2O2. The second kappa shape index (κ2) is 6.43. The van der Waals surface area contributed by atoms with Gasteiger partial charge < -0.3 is 15.4 Å². The number of carbonyl (C=O) groups excluding carboxylic acids is 1. The first-order chi connectivity index (χ1) is 10.2. The molecule has 1 aromatic rings. The number of benzene rings is 1. The van der Waals surface area contributed by atoms with Gasteiger partial charge in [0.15, 0.2) is 0 Å². The Morgan fingerprint density at radius 3 is 3.00 bits per heavy atom. The Balaban J connectivity index is 1.47. The Morgan fingerprint density at radius 2 is 2.24 bits per heavy atom. The molecule has 2 N–H and O–H groups in total. The lowest BCUT2D eigenvalue weighted by Gasteiger charge is -2.29. The van der Waals surface area contributed by atoms with Crippen LogP contribution < -0.4 is 15.4 Å². The molecule has 1 amide bonds. The summed E-state index contributed by atoms with van der Waals surface area (Å²) >= 11 is 0. The van der Waals surface area contributed by atoms with E-state index in [1.54, 1.807) is 12.1 Å². The number of ether oxygens (including phenoxy) is 1. The van der Waals surface area contributed by atoms with Crippen molar-refractivity contribution in [2.75, 3.05) is 19.7 Å². The second-order valence-corrected chi connectivity index (χ2v) is 6.01. The van der Waals surface area contributed by atoms with E-state index in [0.29, 0.717) is 18.4 Å². The third-order valence-corrected chi connectivity index (χ3v) is 4.02. The SMILES string of the molecule is O=C(NC1CC1)[C@H]1CNC[C@@H](COc2cccc(F)c2)C1. The van der Waals surface area contributed by atoms with Crippen LogP contribution in [0.1, 0.15) is 19.3 Å². The molecule has 114 valence electrons. The van der Waals surface area contributed by atoms with Crippen molar-refractivity contribution in [1.29, 1.82) is 0 Å². The molecule has 2 fully saturated rings. The Labute approximate surface area is 124 Å². The van der Waals surface area contributed by atoms with Gasteiger partial charge in [0, 0.05) is 31.1 Å². The van der Waals surface area contributed by atoms with Crippen molar-refractivity contribution in [3.05, 3.63) is 30.1 Å². The van der Waals surface area contributed by atoms with Gasteiger partial charge in [0.25, 0.3) is 0 Å². The summed E-state index contributed by atoms with van der Waals surface area (Å²) in [7, 11) is 0. The van der Waals surface area contributed by atoms with Gasteiger partial charge in [-0.1, -0.05) is 6.07 Å². The third kappa shape index (κ3) is 4.17. The highest BCUT2D eigenvalue weighted by Gasteiger charge is 2.31. The summed E-state index contributed by atoms with van der Waals surface area (Å²) in [6.07, 6.45) is 3.04. The number of piperidine rings is 1. The number of hydrogen-bond donors (Lipinski definition) is 2. The van der Waals surface area contributed by atoms with Gasteiger partial charge in [-0.15, -0.1) is 0 Å². The number of amides is 1. The highest BCUT2D eigenvalue weighted by molar-refractivity contribution is 5.79. The summed E-state index contributed by atoms with van der Waals surface area (Å²) in [6.45, 7) is 2.07. The number of carbonyl (C=O) groups is 1. The molecule has 0 unspecified atom stereocenters. The molecule has 0 aromatic heterocycles. The van der Waals surface area contributed by atoms with Crippen LogP contribution in [0.2, 0.25) is 0 Å². The molecule has 4 nitrogen and oxygen atoms in total. The zero-order valence-electron chi connectivity index (χ0n) is 12.0. The Bertz CT molecular complexity index is 505. The zero-order valence-corrected chi connectivity index (χ0v) is 12.0. The normalized spacial score (nSPS) is 25.4. The van der Waals surface area contributed by atoms with E-state index in [4.69, 9.17) is 4.74 Å². The molecule has 1 saturated carbocycles. The van der Waals surface area contributed by atoms with E-state index in [1.807, 2.05) is 0 Å². The first kappa shape index (κ1) is 14.3. The minimum Gasteiger partial charge on any atom is -0.493 e. The minimum atomic E-state index is -0.295. The summed E-state index contributed by atoms with van der Waals surface area (Å²) in [4.78, 5) is 12.1. The second-order valence-electron chi connectivity index (χ2n) is 6.01. The summed E-state index contributed by atoms with van der Waals surface area (Å²) < 4.78 is 18.7.